The second kappa shape index (κ2) is 3.40. The zero-order valence-corrected chi connectivity index (χ0v) is 8.47. The van der Waals surface area contributed by atoms with E-state index < -0.39 is 17.5 Å². The molecule has 16 heavy (non-hydrogen) atoms. The summed E-state index contributed by atoms with van der Waals surface area (Å²) < 4.78 is 38.3. The molecule has 0 fully saturated rings. The quantitative estimate of drug-likeness (QED) is 0.722. The van der Waals surface area contributed by atoms with E-state index in [-0.39, 0.29) is 5.39 Å². The maximum atomic E-state index is 12.8. The minimum Gasteiger partial charge on any atom is -0.507 e. The maximum Gasteiger partial charge on any atom is 0.420 e. The lowest BCUT2D eigenvalue weighted by molar-refractivity contribution is -0.137. The average molecular weight is 226 g/mol. The van der Waals surface area contributed by atoms with Crippen LogP contribution < -0.4 is 0 Å². The van der Waals surface area contributed by atoms with Crippen molar-refractivity contribution >= 4 is 10.8 Å². The number of halogens is 3. The van der Waals surface area contributed by atoms with Crippen LogP contribution in [-0.2, 0) is 6.18 Å². The van der Waals surface area contributed by atoms with Gasteiger partial charge in [0.05, 0.1) is 0 Å². The van der Waals surface area contributed by atoms with Gasteiger partial charge in [0.2, 0.25) is 0 Å². The molecule has 0 spiro atoms. The van der Waals surface area contributed by atoms with Crippen LogP contribution in [0, 0.1) is 6.92 Å². The summed E-state index contributed by atoms with van der Waals surface area (Å²) in [7, 11) is 0. The molecule has 0 aliphatic rings. The third-order valence-electron chi connectivity index (χ3n) is 2.54. The average Bonchev–Trinajstić information content (AvgIpc) is 2.15. The predicted octanol–water partition coefficient (Wildman–Crippen LogP) is 3.87. The zero-order valence-electron chi connectivity index (χ0n) is 8.47. The third-order valence-corrected chi connectivity index (χ3v) is 2.54. The molecule has 0 radical (unpaired) electrons. The van der Waals surface area contributed by atoms with E-state index in [2.05, 4.69) is 0 Å². The Morgan fingerprint density at radius 2 is 1.69 bits per heavy atom. The third kappa shape index (κ3) is 1.60. The van der Waals surface area contributed by atoms with E-state index in [1.165, 1.54) is 12.1 Å². The van der Waals surface area contributed by atoms with Crippen LogP contribution in [0.2, 0.25) is 0 Å². The van der Waals surface area contributed by atoms with Gasteiger partial charge >= 0.3 is 6.18 Å². The SMILES string of the molecule is Cc1cccc2c(C(F)(F)F)c(O)ccc12. The molecule has 1 nitrogen and oxygen atoms in total. The summed E-state index contributed by atoms with van der Waals surface area (Å²) in [6.45, 7) is 1.74. The lowest BCUT2D eigenvalue weighted by Gasteiger charge is -2.13. The largest absolute Gasteiger partial charge is 0.507 e. The van der Waals surface area contributed by atoms with Gasteiger partial charge in [-0.05, 0) is 29.3 Å². The number of aryl methyl sites for hydroxylation is 1. The molecular formula is C12H9F3O. The number of benzene rings is 2. The monoisotopic (exact) mass is 226 g/mol. The van der Waals surface area contributed by atoms with Crippen LogP contribution in [0.1, 0.15) is 11.1 Å². The van der Waals surface area contributed by atoms with Crippen molar-refractivity contribution in [1.82, 2.24) is 0 Å². The molecule has 0 saturated heterocycles. The molecule has 2 aromatic carbocycles. The molecular weight excluding hydrogens is 217 g/mol. The van der Waals surface area contributed by atoms with Gasteiger partial charge in [0.15, 0.2) is 0 Å². The summed E-state index contributed by atoms with van der Waals surface area (Å²) in [5.41, 5.74) is -0.211. The lowest BCUT2D eigenvalue weighted by Crippen LogP contribution is -2.06. The first-order valence-electron chi connectivity index (χ1n) is 4.70. The van der Waals surface area contributed by atoms with E-state index in [9.17, 15) is 18.3 Å². The summed E-state index contributed by atoms with van der Waals surface area (Å²) >= 11 is 0. The number of phenols is 1. The second-order valence-electron chi connectivity index (χ2n) is 3.63. The van der Waals surface area contributed by atoms with E-state index in [0.29, 0.717) is 5.39 Å². The molecule has 0 aliphatic carbocycles. The Labute approximate surface area is 90.1 Å². The number of hydrogen-bond acceptors (Lipinski definition) is 1. The molecule has 0 aromatic heterocycles. The van der Waals surface area contributed by atoms with Crippen molar-refractivity contribution in [2.24, 2.45) is 0 Å². The summed E-state index contributed by atoms with van der Waals surface area (Å²) in [5, 5.41) is 9.86. The second-order valence-corrected chi connectivity index (χ2v) is 3.63. The Hall–Kier alpha value is -1.71. The molecule has 0 amide bonds. The Morgan fingerprint density at radius 3 is 2.31 bits per heavy atom. The first kappa shape index (κ1) is 10.8. The fourth-order valence-corrected chi connectivity index (χ4v) is 1.80. The molecule has 1 N–H and O–H groups in total. The van der Waals surface area contributed by atoms with Crippen LogP contribution in [0.15, 0.2) is 30.3 Å². The molecule has 0 saturated carbocycles. The number of aromatic hydroxyl groups is 1. The summed E-state index contributed by atoms with van der Waals surface area (Å²) in [5.74, 6) is -0.731. The van der Waals surface area contributed by atoms with Crippen molar-refractivity contribution in [3.05, 3.63) is 41.5 Å². The fourth-order valence-electron chi connectivity index (χ4n) is 1.80. The Kier molecular flexibility index (Phi) is 2.30. The molecule has 2 rings (SSSR count). The number of rotatable bonds is 0. The van der Waals surface area contributed by atoms with Gasteiger partial charge in [0.1, 0.15) is 11.3 Å². The molecule has 0 atom stereocenters. The van der Waals surface area contributed by atoms with E-state index in [4.69, 9.17) is 0 Å². The lowest BCUT2D eigenvalue weighted by atomic mass is 10.00. The van der Waals surface area contributed by atoms with Gasteiger partial charge in [0.25, 0.3) is 0 Å². The minimum atomic E-state index is -4.54. The highest BCUT2D eigenvalue weighted by molar-refractivity contribution is 5.90. The van der Waals surface area contributed by atoms with Gasteiger partial charge in [-0.2, -0.15) is 13.2 Å². The van der Waals surface area contributed by atoms with Crippen molar-refractivity contribution < 1.29 is 18.3 Å². The van der Waals surface area contributed by atoms with Gasteiger partial charge in [-0.25, -0.2) is 0 Å². The summed E-state index contributed by atoms with van der Waals surface area (Å²) in [4.78, 5) is 0. The summed E-state index contributed by atoms with van der Waals surface area (Å²) in [6, 6.07) is 7.23. The van der Waals surface area contributed by atoms with Gasteiger partial charge in [-0.15, -0.1) is 0 Å². The maximum absolute atomic E-state index is 12.8. The number of phenolic OH excluding ortho intramolecular Hbond substituents is 1. The van der Waals surface area contributed by atoms with Crippen LogP contribution in [0.3, 0.4) is 0 Å². The van der Waals surface area contributed by atoms with E-state index in [0.717, 1.165) is 11.6 Å². The molecule has 84 valence electrons. The minimum absolute atomic E-state index is 0.0347. The van der Waals surface area contributed by atoms with Gasteiger partial charge in [0, 0.05) is 0 Å². The first-order chi connectivity index (χ1) is 7.41. The predicted molar refractivity (Wildman–Crippen MR) is 55.4 cm³/mol. The van der Waals surface area contributed by atoms with Gasteiger partial charge < -0.3 is 5.11 Å². The van der Waals surface area contributed by atoms with E-state index in [1.54, 1.807) is 19.1 Å². The van der Waals surface area contributed by atoms with Gasteiger partial charge in [-0.3, -0.25) is 0 Å². The van der Waals surface area contributed by atoms with Crippen molar-refractivity contribution in [2.45, 2.75) is 13.1 Å². The van der Waals surface area contributed by atoms with Crippen LogP contribution in [0.5, 0.6) is 5.75 Å². The molecule has 0 unspecified atom stereocenters. The summed E-state index contributed by atoms with van der Waals surface area (Å²) in [6.07, 6.45) is -4.54. The Balaban J connectivity index is 2.91. The van der Waals surface area contributed by atoms with E-state index in [1.807, 2.05) is 0 Å². The molecule has 0 heterocycles. The van der Waals surface area contributed by atoms with Crippen LogP contribution >= 0.6 is 0 Å². The highest BCUT2D eigenvalue weighted by atomic mass is 19.4. The zero-order chi connectivity index (χ0) is 11.9. The van der Waals surface area contributed by atoms with Crippen molar-refractivity contribution in [3.63, 3.8) is 0 Å². The fraction of sp³-hybridized carbons (Fsp3) is 0.167. The van der Waals surface area contributed by atoms with Crippen LogP contribution in [-0.4, -0.2) is 5.11 Å². The van der Waals surface area contributed by atoms with Crippen molar-refractivity contribution in [3.8, 4) is 5.75 Å². The molecule has 2 aromatic rings. The standard InChI is InChI=1S/C12H9F3O/c1-7-3-2-4-9-8(7)5-6-10(16)11(9)12(13,14)15/h2-6,16H,1H3. The number of fused-ring (bicyclic) bond motifs is 1. The number of hydrogen-bond donors (Lipinski definition) is 1. The molecule has 4 heteroatoms. The van der Waals surface area contributed by atoms with E-state index >= 15 is 0 Å². The van der Waals surface area contributed by atoms with Crippen LogP contribution in [0.4, 0.5) is 13.2 Å². The first-order valence-corrected chi connectivity index (χ1v) is 4.70. The highest BCUT2D eigenvalue weighted by Gasteiger charge is 2.35. The van der Waals surface area contributed by atoms with Crippen molar-refractivity contribution in [2.75, 3.05) is 0 Å². The highest BCUT2D eigenvalue weighted by Crippen LogP contribution is 2.41. The number of alkyl halides is 3. The van der Waals surface area contributed by atoms with Crippen molar-refractivity contribution in [1.29, 1.82) is 0 Å². The Morgan fingerprint density at radius 1 is 1.00 bits per heavy atom. The topological polar surface area (TPSA) is 20.2 Å². The Bertz CT molecular complexity index is 544. The smallest absolute Gasteiger partial charge is 0.420 e. The van der Waals surface area contributed by atoms with Crippen LogP contribution in [0.25, 0.3) is 10.8 Å². The van der Waals surface area contributed by atoms with Gasteiger partial charge in [-0.1, -0.05) is 24.3 Å². The molecule has 0 bridgehead atoms. The molecule has 0 aliphatic heterocycles. The normalized spacial score (nSPS) is 12.0.